The maximum Gasteiger partial charge on any atom is 0.274 e. The first-order chi connectivity index (χ1) is 15.1. The summed E-state index contributed by atoms with van der Waals surface area (Å²) >= 11 is 1.36. The number of carboxylic acids is 1. The van der Waals surface area contributed by atoms with Crippen LogP contribution in [0.4, 0.5) is 0 Å². The van der Waals surface area contributed by atoms with Crippen molar-refractivity contribution >= 4 is 39.4 Å². The van der Waals surface area contributed by atoms with Crippen molar-refractivity contribution in [1.82, 2.24) is 9.38 Å². The molecule has 0 spiro atoms. The number of thiazole rings is 1. The Morgan fingerprint density at radius 3 is 2.68 bits per heavy atom. The number of carboxylic acid groups (broad SMARTS) is 1. The van der Waals surface area contributed by atoms with Gasteiger partial charge in [0.15, 0.2) is 4.96 Å². The molecular formula is C24H15N2O4S-. The summed E-state index contributed by atoms with van der Waals surface area (Å²) in [6.45, 7) is 0.240. The van der Waals surface area contributed by atoms with Gasteiger partial charge in [0.05, 0.1) is 21.5 Å². The zero-order valence-electron chi connectivity index (χ0n) is 16.1. The fourth-order valence-corrected chi connectivity index (χ4v) is 4.37. The Kier molecular flexibility index (Phi) is 4.72. The number of nitrogens with zero attached hydrogens (tertiary/aromatic N) is 2. The van der Waals surface area contributed by atoms with Crippen molar-refractivity contribution < 1.29 is 14.6 Å². The van der Waals surface area contributed by atoms with Crippen LogP contribution in [0.15, 0.2) is 77.6 Å². The van der Waals surface area contributed by atoms with E-state index in [-0.39, 0.29) is 17.7 Å². The molecule has 2 heterocycles. The van der Waals surface area contributed by atoms with Crippen molar-refractivity contribution in [3.8, 4) is 5.75 Å². The summed E-state index contributed by atoms with van der Waals surface area (Å²) in [6, 6.07) is 21.4. The van der Waals surface area contributed by atoms with E-state index in [2.05, 4.69) is 4.98 Å². The number of fused-ring (bicyclic) bond motifs is 3. The molecule has 0 aliphatic heterocycles. The molecule has 3 aromatic carbocycles. The standard InChI is InChI=1S/C24H16N2O4S/c27-22-21(31-24-25-19-6-1-2-7-20(19)26(22)24)13-15-8-10-18(11-9-15)30-14-16-4-3-5-17(12-16)23(28)29/h1-13H,14H2,(H,28,29)/p-1/b21-13-. The molecule has 0 aliphatic carbocycles. The molecule has 5 aromatic rings. The Hall–Kier alpha value is -3.97. The molecule has 31 heavy (non-hydrogen) atoms. The lowest BCUT2D eigenvalue weighted by Crippen LogP contribution is -2.22. The third-order valence-corrected chi connectivity index (χ3v) is 5.86. The number of para-hydroxylation sites is 2. The molecule has 0 unspecified atom stereocenters. The number of carbonyl (C=O) groups excluding carboxylic acids is 1. The van der Waals surface area contributed by atoms with Crippen molar-refractivity contribution in [2.75, 3.05) is 0 Å². The van der Waals surface area contributed by atoms with Gasteiger partial charge in [0.2, 0.25) is 0 Å². The number of ether oxygens (including phenoxy) is 1. The summed E-state index contributed by atoms with van der Waals surface area (Å²) in [4.78, 5) is 29.0. The highest BCUT2D eigenvalue weighted by Gasteiger charge is 2.10. The van der Waals surface area contributed by atoms with Crippen LogP contribution in [0.1, 0.15) is 21.5 Å². The van der Waals surface area contributed by atoms with Crippen LogP contribution >= 0.6 is 11.3 Å². The SMILES string of the molecule is O=C([O-])c1cccc(COc2ccc(/C=c3\sc4nc5ccccc5n4c3=O)cc2)c1. The topological polar surface area (TPSA) is 83.7 Å². The summed E-state index contributed by atoms with van der Waals surface area (Å²) in [6.07, 6.45) is 1.84. The first-order valence-electron chi connectivity index (χ1n) is 9.53. The molecule has 0 saturated carbocycles. The molecule has 7 heteroatoms. The number of carbonyl (C=O) groups is 1. The van der Waals surface area contributed by atoms with E-state index in [9.17, 15) is 14.7 Å². The third kappa shape index (κ3) is 3.67. The second-order valence-corrected chi connectivity index (χ2v) is 7.99. The molecule has 0 atom stereocenters. The minimum absolute atomic E-state index is 0.0816. The zero-order valence-corrected chi connectivity index (χ0v) is 17.0. The van der Waals surface area contributed by atoms with Crippen LogP contribution in [0.5, 0.6) is 5.75 Å². The maximum atomic E-state index is 12.8. The van der Waals surface area contributed by atoms with Crippen LogP contribution in [0.25, 0.3) is 22.1 Å². The van der Waals surface area contributed by atoms with E-state index >= 15 is 0 Å². The number of imidazole rings is 1. The summed E-state index contributed by atoms with van der Waals surface area (Å²) in [5, 5.41) is 11.0. The molecule has 0 aliphatic rings. The number of aromatic carboxylic acids is 1. The van der Waals surface area contributed by atoms with Crippen LogP contribution in [0.2, 0.25) is 0 Å². The zero-order chi connectivity index (χ0) is 21.4. The Labute approximate surface area is 180 Å². The van der Waals surface area contributed by atoms with Gasteiger partial charge in [-0.1, -0.05) is 53.8 Å². The van der Waals surface area contributed by atoms with Gasteiger partial charge in [0, 0.05) is 0 Å². The third-order valence-electron chi connectivity index (χ3n) is 4.89. The normalized spacial score (nSPS) is 11.9. The van der Waals surface area contributed by atoms with E-state index in [1.807, 2.05) is 54.6 Å². The molecular weight excluding hydrogens is 412 g/mol. The van der Waals surface area contributed by atoms with Crippen LogP contribution in [0.3, 0.4) is 0 Å². The fraction of sp³-hybridized carbons (Fsp3) is 0.0417. The molecule has 0 amide bonds. The predicted molar refractivity (Wildman–Crippen MR) is 117 cm³/mol. The van der Waals surface area contributed by atoms with Gasteiger partial charge in [-0.2, -0.15) is 0 Å². The molecule has 2 aromatic heterocycles. The van der Waals surface area contributed by atoms with Crippen LogP contribution in [-0.4, -0.2) is 15.4 Å². The van der Waals surface area contributed by atoms with Gasteiger partial charge in [-0.3, -0.25) is 4.79 Å². The van der Waals surface area contributed by atoms with Gasteiger partial charge >= 0.3 is 0 Å². The van der Waals surface area contributed by atoms with E-state index in [0.29, 0.717) is 15.2 Å². The highest BCUT2D eigenvalue weighted by Crippen LogP contribution is 2.17. The van der Waals surface area contributed by atoms with Gasteiger partial charge in [0.1, 0.15) is 12.4 Å². The number of aromatic nitrogens is 2. The van der Waals surface area contributed by atoms with Crippen LogP contribution in [-0.2, 0) is 6.61 Å². The van der Waals surface area contributed by atoms with E-state index < -0.39 is 5.97 Å². The van der Waals surface area contributed by atoms with Crippen LogP contribution in [0, 0.1) is 0 Å². The molecule has 0 radical (unpaired) electrons. The van der Waals surface area contributed by atoms with Crippen molar-refractivity contribution in [2.24, 2.45) is 0 Å². The average Bonchev–Trinajstić information content (AvgIpc) is 3.29. The lowest BCUT2D eigenvalue weighted by Gasteiger charge is -2.08. The van der Waals surface area contributed by atoms with Gasteiger partial charge in [-0.05, 0) is 53.1 Å². The lowest BCUT2D eigenvalue weighted by atomic mass is 10.1. The summed E-state index contributed by atoms with van der Waals surface area (Å²) < 4.78 is 7.99. The molecule has 5 rings (SSSR count). The van der Waals surface area contributed by atoms with Crippen molar-refractivity contribution in [2.45, 2.75) is 6.61 Å². The lowest BCUT2D eigenvalue weighted by molar-refractivity contribution is -0.255. The molecule has 0 N–H and O–H groups in total. The predicted octanol–water partition coefficient (Wildman–Crippen LogP) is 2.40. The summed E-state index contributed by atoms with van der Waals surface area (Å²) in [5.41, 5.74) is 3.27. The monoisotopic (exact) mass is 427 g/mol. The Balaban J connectivity index is 1.37. The number of hydrogen-bond donors (Lipinski definition) is 0. The average molecular weight is 427 g/mol. The molecule has 6 nitrogen and oxygen atoms in total. The van der Waals surface area contributed by atoms with E-state index in [1.54, 1.807) is 16.5 Å². The smallest absolute Gasteiger partial charge is 0.274 e. The number of benzene rings is 3. The first kappa shape index (κ1) is 19.0. The minimum atomic E-state index is -1.21. The van der Waals surface area contributed by atoms with Gasteiger partial charge < -0.3 is 14.6 Å². The quantitative estimate of drug-likeness (QED) is 0.430. The van der Waals surface area contributed by atoms with Crippen molar-refractivity contribution in [3.63, 3.8) is 0 Å². The highest BCUT2D eigenvalue weighted by molar-refractivity contribution is 7.15. The molecule has 152 valence electrons. The largest absolute Gasteiger partial charge is 0.545 e. The van der Waals surface area contributed by atoms with E-state index in [1.165, 1.54) is 23.5 Å². The molecule has 0 bridgehead atoms. The highest BCUT2D eigenvalue weighted by atomic mass is 32.1. The first-order valence-corrected chi connectivity index (χ1v) is 10.3. The van der Waals surface area contributed by atoms with E-state index in [0.717, 1.165) is 22.2 Å². The molecule has 0 saturated heterocycles. The Bertz CT molecular complexity index is 1530. The summed E-state index contributed by atoms with van der Waals surface area (Å²) in [5.74, 6) is -0.571. The number of hydrogen-bond acceptors (Lipinski definition) is 6. The van der Waals surface area contributed by atoms with Gasteiger partial charge in [0.25, 0.3) is 5.56 Å². The Morgan fingerprint density at radius 1 is 1.06 bits per heavy atom. The van der Waals surface area contributed by atoms with Crippen molar-refractivity contribution in [3.05, 3.63) is 104 Å². The van der Waals surface area contributed by atoms with E-state index in [4.69, 9.17) is 4.74 Å². The van der Waals surface area contributed by atoms with Crippen LogP contribution < -0.4 is 19.9 Å². The maximum absolute atomic E-state index is 12.8. The Morgan fingerprint density at radius 2 is 1.87 bits per heavy atom. The van der Waals surface area contributed by atoms with Crippen molar-refractivity contribution in [1.29, 1.82) is 0 Å². The number of rotatable bonds is 5. The fourth-order valence-electron chi connectivity index (χ4n) is 3.38. The van der Waals surface area contributed by atoms with Gasteiger partial charge in [-0.15, -0.1) is 0 Å². The second-order valence-electron chi connectivity index (χ2n) is 6.98. The second kappa shape index (κ2) is 7.70. The molecule has 0 fully saturated rings. The summed E-state index contributed by atoms with van der Waals surface area (Å²) in [7, 11) is 0. The minimum Gasteiger partial charge on any atom is -0.545 e. The van der Waals surface area contributed by atoms with Gasteiger partial charge in [-0.25, -0.2) is 9.38 Å².